The molecule has 1 aromatic carbocycles. The summed E-state index contributed by atoms with van der Waals surface area (Å²) < 4.78 is 16.8. The maximum atomic E-state index is 11.6. The Hall–Kier alpha value is -1.45. The molecule has 0 aliphatic carbocycles. The molecule has 6 nitrogen and oxygen atoms in total. The topological polar surface area (TPSA) is 78.9 Å². The van der Waals surface area contributed by atoms with E-state index in [-0.39, 0.29) is 0 Å². The van der Waals surface area contributed by atoms with Gasteiger partial charge < -0.3 is 0 Å². The van der Waals surface area contributed by atoms with Gasteiger partial charge in [0.1, 0.15) is 0 Å². The zero-order valence-electron chi connectivity index (χ0n) is 14.3. The molecule has 0 radical (unpaired) electrons. The van der Waals surface area contributed by atoms with Gasteiger partial charge in [-0.3, -0.25) is 0 Å². The summed E-state index contributed by atoms with van der Waals surface area (Å²) in [5, 5.41) is 0. The Balaban J connectivity index is 3.69. The third-order valence-corrected chi connectivity index (χ3v) is 14.7. The van der Waals surface area contributed by atoms with Gasteiger partial charge in [0.15, 0.2) is 0 Å². The number of rotatable bonds is 5. The molecule has 0 atom stereocenters. The summed E-state index contributed by atoms with van der Waals surface area (Å²) in [6.45, 7) is 9.32. The molecule has 0 spiro atoms. The molecular formula is C16H22O6Pb. The predicted molar refractivity (Wildman–Crippen MR) is 86.0 cm³/mol. The molecule has 0 aliphatic heterocycles. The average Bonchev–Trinajstić information content (AvgIpc) is 2.34. The fraction of sp³-hybridized carbons (Fsp3) is 0.438. The zero-order valence-corrected chi connectivity index (χ0v) is 18.2. The first-order valence-corrected chi connectivity index (χ1v) is 14.0. The van der Waals surface area contributed by atoms with Crippen LogP contribution in [0.1, 0.15) is 44.4 Å². The average molecular weight is 518 g/mol. The molecule has 0 aromatic heterocycles. The van der Waals surface area contributed by atoms with Crippen LogP contribution in [0.4, 0.5) is 0 Å². The van der Waals surface area contributed by atoms with Crippen LogP contribution in [0.15, 0.2) is 12.1 Å². The van der Waals surface area contributed by atoms with Crippen molar-refractivity contribution in [2.75, 3.05) is 0 Å². The van der Waals surface area contributed by atoms with Gasteiger partial charge in [0.25, 0.3) is 0 Å². The summed E-state index contributed by atoms with van der Waals surface area (Å²) in [7, 11) is 0. The summed E-state index contributed by atoms with van der Waals surface area (Å²) in [5.41, 5.74) is 2.67. The first-order chi connectivity index (χ1) is 10.6. The third-order valence-electron chi connectivity index (χ3n) is 3.08. The molecular weight excluding hydrogens is 495 g/mol. The second-order valence-corrected chi connectivity index (χ2v) is 14.0. The van der Waals surface area contributed by atoms with E-state index in [0.29, 0.717) is 9.54 Å². The van der Waals surface area contributed by atoms with Crippen LogP contribution in [0.5, 0.6) is 0 Å². The molecule has 0 fully saturated rings. The molecule has 0 heterocycles. The Labute approximate surface area is 142 Å². The number of benzene rings is 1. The van der Waals surface area contributed by atoms with Crippen molar-refractivity contribution in [3.05, 3.63) is 28.8 Å². The van der Waals surface area contributed by atoms with Crippen LogP contribution in [-0.2, 0) is 28.9 Å². The van der Waals surface area contributed by atoms with E-state index in [1.165, 1.54) is 20.8 Å². The molecule has 1 aromatic rings. The number of hydrogen-bond donors (Lipinski definition) is 0. The van der Waals surface area contributed by atoms with Gasteiger partial charge in [0, 0.05) is 0 Å². The van der Waals surface area contributed by atoms with Crippen LogP contribution in [0.25, 0.3) is 0 Å². The molecule has 7 heteroatoms. The standard InChI is InChI=1S/C10H13.3C2H4O2.Pb/c1-4-10-6-8(2)5-9(3)7-10;3*1-2(3)4;/h5-6H,4H2,1-3H3;3*1H3,(H,3,4);/q;;;;+3/p-3. The van der Waals surface area contributed by atoms with Crippen molar-refractivity contribution in [1.82, 2.24) is 0 Å². The Morgan fingerprint density at radius 3 is 1.70 bits per heavy atom. The summed E-state index contributed by atoms with van der Waals surface area (Å²) in [4.78, 5) is 34.9. The van der Waals surface area contributed by atoms with E-state index >= 15 is 0 Å². The Morgan fingerprint density at radius 2 is 1.35 bits per heavy atom. The SMILES string of the molecule is CCc1cc(C)cc(C)[c]1[Pb]([O]C(C)=O)([O]C(C)=O)[O]C(C)=O. The molecule has 126 valence electrons. The molecule has 0 aliphatic rings. The number of carbonyl (C=O) groups excluding carboxylic acids is 3. The molecule has 0 saturated heterocycles. The van der Waals surface area contributed by atoms with Crippen molar-refractivity contribution in [1.29, 1.82) is 0 Å². The monoisotopic (exact) mass is 518 g/mol. The summed E-state index contributed by atoms with van der Waals surface area (Å²) >= 11 is -5.14. The van der Waals surface area contributed by atoms with Crippen molar-refractivity contribution in [3.8, 4) is 0 Å². The van der Waals surface area contributed by atoms with Gasteiger partial charge >= 0.3 is 143 Å². The maximum absolute atomic E-state index is 11.6. The van der Waals surface area contributed by atoms with Crippen LogP contribution in [0.2, 0.25) is 0 Å². The van der Waals surface area contributed by atoms with E-state index in [1.807, 2.05) is 32.9 Å². The van der Waals surface area contributed by atoms with E-state index in [0.717, 1.165) is 16.7 Å². The minimum absolute atomic E-state index is 0.575. The van der Waals surface area contributed by atoms with Crippen LogP contribution >= 0.6 is 0 Å². The molecule has 0 N–H and O–H groups in total. The molecule has 1 rings (SSSR count). The molecule has 0 bridgehead atoms. The van der Waals surface area contributed by atoms with E-state index < -0.39 is 40.4 Å². The Bertz CT molecular complexity index is 597. The second kappa shape index (κ2) is 7.89. The number of hydrogen-bond acceptors (Lipinski definition) is 6. The van der Waals surface area contributed by atoms with Gasteiger partial charge in [0.2, 0.25) is 0 Å². The fourth-order valence-electron chi connectivity index (χ4n) is 2.56. The first kappa shape index (κ1) is 19.6. The quantitative estimate of drug-likeness (QED) is 0.554. The molecule has 0 amide bonds. The summed E-state index contributed by atoms with van der Waals surface area (Å²) in [6.07, 6.45) is 0.628. The van der Waals surface area contributed by atoms with Crippen molar-refractivity contribution < 1.29 is 22.4 Å². The Morgan fingerprint density at radius 1 is 0.913 bits per heavy atom. The van der Waals surface area contributed by atoms with Crippen LogP contribution in [0, 0.1) is 13.8 Å². The fourth-order valence-corrected chi connectivity index (χ4v) is 13.3. The van der Waals surface area contributed by atoms with Gasteiger partial charge in [-0.2, -0.15) is 0 Å². The van der Waals surface area contributed by atoms with Crippen molar-refractivity contribution in [2.24, 2.45) is 0 Å². The molecule has 0 saturated carbocycles. The van der Waals surface area contributed by atoms with Crippen LogP contribution < -0.4 is 3.12 Å². The van der Waals surface area contributed by atoms with E-state index in [1.54, 1.807) is 0 Å². The van der Waals surface area contributed by atoms with Crippen molar-refractivity contribution in [3.63, 3.8) is 0 Å². The van der Waals surface area contributed by atoms with Crippen molar-refractivity contribution >= 4 is 43.6 Å². The third kappa shape index (κ3) is 5.02. The first-order valence-electron chi connectivity index (χ1n) is 7.30. The second-order valence-electron chi connectivity index (χ2n) is 5.31. The zero-order chi connectivity index (χ0) is 17.8. The van der Waals surface area contributed by atoms with E-state index in [2.05, 4.69) is 0 Å². The number of carbonyl (C=O) groups is 3. The van der Waals surface area contributed by atoms with Gasteiger partial charge in [0.05, 0.1) is 0 Å². The molecule has 0 unspecified atom stereocenters. The summed E-state index contributed by atoms with van der Waals surface area (Å²) in [5.74, 6) is -1.93. The number of aryl methyl sites for hydroxylation is 3. The van der Waals surface area contributed by atoms with Gasteiger partial charge in [-0.1, -0.05) is 0 Å². The normalized spacial score (nSPS) is 10.9. The minimum atomic E-state index is -5.14. The van der Waals surface area contributed by atoms with Gasteiger partial charge in [-0.05, 0) is 0 Å². The molecule has 23 heavy (non-hydrogen) atoms. The Kier molecular flexibility index (Phi) is 6.72. The van der Waals surface area contributed by atoms with Gasteiger partial charge in [-0.15, -0.1) is 0 Å². The van der Waals surface area contributed by atoms with Gasteiger partial charge in [-0.25, -0.2) is 0 Å². The van der Waals surface area contributed by atoms with E-state index in [4.69, 9.17) is 8.06 Å². The predicted octanol–water partition coefficient (Wildman–Crippen LogP) is 1.70. The van der Waals surface area contributed by atoms with E-state index in [9.17, 15) is 14.4 Å². The van der Waals surface area contributed by atoms with Crippen LogP contribution in [-0.4, -0.2) is 40.4 Å². The summed E-state index contributed by atoms with van der Waals surface area (Å²) in [6, 6.07) is 3.81. The van der Waals surface area contributed by atoms with Crippen LogP contribution in [0.3, 0.4) is 0 Å². The van der Waals surface area contributed by atoms with Crippen molar-refractivity contribution in [2.45, 2.75) is 48.0 Å².